The van der Waals surface area contributed by atoms with E-state index in [9.17, 15) is 19.7 Å². The van der Waals surface area contributed by atoms with Crippen molar-refractivity contribution in [3.05, 3.63) is 38.9 Å². The number of nitro groups is 1. The fourth-order valence-corrected chi connectivity index (χ4v) is 2.52. The van der Waals surface area contributed by atoms with Crippen molar-refractivity contribution in [2.24, 2.45) is 5.92 Å². The zero-order chi connectivity index (χ0) is 15.6. The van der Waals surface area contributed by atoms with Crippen molar-refractivity contribution in [3.63, 3.8) is 0 Å². The number of methoxy groups -OCH3 is 1. The van der Waals surface area contributed by atoms with Gasteiger partial charge in [0.1, 0.15) is 0 Å². The second-order valence-corrected chi connectivity index (χ2v) is 5.09. The van der Waals surface area contributed by atoms with Gasteiger partial charge < -0.3 is 9.64 Å². The summed E-state index contributed by atoms with van der Waals surface area (Å²) in [5, 5.41) is 10.7. The lowest BCUT2D eigenvalue weighted by Crippen LogP contribution is -2.30. The number of carbonyl (C=O) groups is 2. The van der Waals surface area contributed by atoms with Crippen LogP contribution in [-0.2, 0) is 9.53 Å². The van der Waals surface area contributed by atoms with E-state index in [1.165, 1.54) is 24.1 Å². The van der Waals surface area contributed by atoms with Gasteiger partial charge in [-0.15, -0.1) is 0 Å². The minimum atomic E-state index is -0.580. The molecule has 2 rings (SSSR count). The zero-order valence-electron chi connectivity index (χ0n) is 11.2. The van der Waals surface area contributed by atoms with E-state index < -0.39 is 4.92 Å². The van der Waals surface area contributed by atoms with Crippen molar-refractivity contribution in [2.75, 3.05) is 20.2 Å². The quantitative estimate of drug-likeness (QED) is 0.483. The predicted molar refractivity (Wildman–Crippen MR) is 74.1 cm³/mol. The van der Waals surface area contributed by atoms with Crippen LogP contribution in [0.25, 0.3) is 0 Å². The lowest BCUT2D eigenvalue weighted by atomic mass is 10.1. The molecule has 0 saturated carbocycles. The summed E-state index contributed by atoms with van der Waals surface area (Å²) in [5.74, 6) is -1.03. The number of ether oxygens (including phenoxy) is 1. The van der Waals surface area contributed by atoms with Gasteiger partial charge in [-0.25, -0.2) is 0 Å². The third-order valence-corrected chi connectivity index (χ3v) is 3.72. The average molecular weight is 313 g/mol. The first kappa shape index (κ1) is 15.2. The first-order valence-electron chi connectivity index (χ1n) is 6.25. The molecule has 1 aromatic rings. The highest BCUT2D eigenvalue weighted by Gasteiger charge is 2.32. The van der Waals surface area contributed by atoms with Crippen molar-refractivity contribution in [1.29, 1.82) is 0 Å². The SMILES string of the molecule is COC(=O)C1CCN(C(=O)c2ccc([N+](=O)[O-])cc2Cl)C1. The molecule has 1 aliphatic heterocycles. The molecular weight excluding hydrogens is 300 g/mol. The monoisotopic (exact) mass is 312 g/mol. The molecule has 112 valence electrons. The van der Waals surface area contributed by atoms with Crippen LogP contribution in [0, 0.1) is 16.0 Å². The maximum absolute atomic E-state index is 12.3. The Morgan fingerprint density at radius 3 is 2.76 bits per heavy atom. The van der Waals surface area contributed by atoms with Crippen molar-refractivity contribution in [3.8, 4) is 0 Å². The molecule has 7 nitrogen and oxygen atoms in total. The fourth-order valence-electron chi connectivity index (χ4n) is 2.27. The fraction of sp³-hybridized carbons (Fsp3) is 0.385. The van der Waals surface area contributed by atoms with Crippen LogP contribution in [0.1, 0.15) is 16.8 Å². The number of halogens is 1. The predicted octanol–water partition coefficient (Wildman–Crippen LogP) is 1.88. The summed E-state index contributed by atoms with van der Waals surface area (Å²) in [6, 6.07) is 3.70. The standard InChI is InChI=1S/C13H13ClN2O5/c1-21-13(18)8-4-5-15(7-8)12(17)10-3-2-9(16(19)20)6-11(10)14/h2-3,6,8H,4-5,7H2,1H3. The highest BCUT2D eigenvalue weighted by atomic mass is 35.5. The summed E-state index contributed by atoms with van der Waals surface area (Å²) in [6.07, 6.45) is 0.531. The van der Waals surface area contributed by atoms with E-state index in [1.807, 2.05) is 0 Å². The lowest BCUT2D eigenvalue weighted by molar-refractivity contribution is -0.384. The van der Waals surface area contributed by atoms with Crippen LogP contribution in [-0.4, -0.2) is 41.9 Å². The van der Waals surface area contributed by atoms with E-state index in [2.05, 4.69) is 4.74 Å². The van der Waals surface area contributed by atoms with Gasteiger partial charge >= 0.3 is 5.97 Å². The first-order chi connectivity index (χ1) is 9.93. The summed E-state index contributed by atoms with van der Waals surface area (Å²) < 4.78 is 4.66. The van der Waals surface area contributed by atoms with Crippen molar-refractivity contribution >= 4 is 29.2 Å². The highest BCUT2D eigenvalue weighted by molar-refractivity contribution is 6.34. The molecule has 0 radical (unpaired) electrons. The van der Waals surface area contributed by atoms with Crippen LogP contribution < -0.4 is 0 Å². The maximum Gasteiger partial charge on any atom is 0.310 e. The number of rotatable bonds is 3. The Morgan fingerprint density at radius 1 is 1.48 bits per heavy atom. The number of esters is 1. The Labute approximate surface area is 125 Å². The number of likely N-dealkylation sites (tertiary alicyclic amines) is 1. The molecule has 1 aromatic carbocycles. The van der Waals surface area contributed by atoms with Gasteiger partial charge in [-0.2, -0.15) is 0 Å². The van der Waals surface area contributed by atoms with Crippen LogP contribution in [0.2, 0.25) is 5.02 Å². The number of hydrogen-bond acceptors (Lipinski definition) is 5. The van der Waals surface area contributed by atoms with E-state index in [4.69, 9.17) is 11.6 Å². The number of nitro benzene ring substituents is 1. The Balaban J connectivity index is 2.14. The van der Waals surface area contributed by atoms with Gasteiger partial charge in [0, 0.05) is 25.2 Å². The van der Waals surface area contributed by atoms with Crippen molar-refractivity contribution in [2.45, 2.75) is 6.42 Å². The molecule has 0 spiro atoms. The normalized spacial score (nSPS) is 17.6. The molecule has 0 N–H and O–H groups in total. The lowest BCUT2D eigenvalue weighted by Gasteiger charge is -2.16. The summed E-state index contributed by atoms with van der Waals surface area (Å²) >= 11 is 5.93. The van der Waals surface area contributed by atoms with E-state index in [0.717, 1.165) is 6.07 Å². The van der Waals surface area contributed by atoms with Crippen LogP contribution in [0.4, 0.5) is 5.69 Å². The van der Waals surface area contributed by atoms with E-state index in [-0.39, 0.29) is 40.6 Å². The number of nitrogens with zero attached hydrogens (tertiary/aromatic N) is 2. The number of carbonyl (C=O) groups excluding carboxylic acids is 2. The molecule has 1 atom stereocenters. The minimum Gasteiger partial charge on any atom is -0.469 e. The molecule has 0 aromatic heterocycles. The Bertz CT molecular complexity index is 604. The summed E-state index contributed by atoms with van der Waals surface area (Å²) in [6.45, 7) is 0.685. The van der Waals surface area contributed by atoms with Gasteiger partial charge in [0.15, 0.2) is 0 Å². The first-order valence-corrected chi connectivity index (χ1v) is 6.63. The van der Waals surface area contributed by atoms with Crippen LogP contribution in [0.3, 0.4) is 0 Å². The molecule has 1 aliphatic rings. The summed E-state index contributed by atoms with van der Waals surface area (Å²) in [7, 11) is 1.31. The second-order valence-electron chi connectivity index (χ2n) is 4.68. The largest absolute Gasteiger partial charge is 0.469 e. The Kier molecular flexibility index (Phi) is 4.42. The third-order valence-electron chi connectivity index (χ3n) is 3.40. The number of non-ortho nitro benzene ring substituents is 1. The Hall–Kier alpha value is -2.15. The number of benzene rings is 1. The maximum atomic E-state index is 12.3. The van der Waals surface area contributed by atoms with Crippen molar-refractivity contribution in [1.82, 2.24) is 4.90 Å². The summed E-state index contributed by atoms with van der Waals surface area (Å²) in [5.41, 5.74) is 0.0122. The Morgan fingerprint density at radius 2 is 2.19 bits per heavy atom. The van der Waals surface area contributed by atoms with Gasteiger partial charge in [0.25, 0.3) is 11.6 Å². The minimum absolute atomic E-state index is 0.0238. The molecular formula is C13H13ClN2O5. The van der Waals surface area contributed by atoms with E-state index in [0.29, 0.717) is 13.0 Å². The topological polar surface area (TPSA) is 89.8 Å². The summed E-state index contributed by atoms with van der Waals surface area (Å²) in [4.78, 5) is 35.3. The van der Waals surface area contributed by atoms with Gasteiger partial charge in [-0.1, -0.05) is 11.6 Å². The van der Waals surface area contributed by atoms with Crippen LogP contribution in [0.5, 0.6) is 0 Å². The molecule has 1 amide bonds. The van der Waals surface area contributed by atoms with Crippen LogP contribution >= 0.6 is 11.6 Å². The van der Waals surface area contributed by atoms with E-state index >= 15 is 0 Å². The van der Waals surface area contributed by atoms with Gasteiger partial charge in [-0.05, 0) is 12.5 Å². The molecule has 8 heteroatoms. The van der Waals surface area contributed by atoms with Crippen LogP contribution in [0.15, 0.2) is 18.2 Å². The molecule has 1 fully saturated rings. The molecule has 1 saturated heterocycles. The molecule has 1 unspecified atom stereocenters. The van der Waals surface area contributed by atoms with Gasteiger partial charge in [0.2, 0.25) is 0 Å². The molecule has 1 heterocycles. The van der Waals surface area contributed by atoms with E-state index in [1.54, 1.807) is 0 Å². The molecule has 0 aliphatic carbocycles. The highest BCUT2D eigenvalue weighted by Crippen LogP contribution is 2.26. The number of amides is 1. The molecule has 21 heavy (non-hydrogen) atoms. The zero-order valence-corrected chi connectivity index (χ0v) is 12.0. The smallest absolute Gasteiger partial charge is 0.310 e. The third kappa shape index (κ3) is 3.13. The second kappa shape index (κ2) is 6.09. The number of hydrogen-bond donors (Lipinski definition) is 0. The molecule has 0 bridgehead atoms. The van der Waals surface area contributed by atoms with Gasteiger partial charge in [-0.3, -0.25) is 19.7 Å². The average Bonchev–Trinajstić information content (AvgIpc) is 2.95. The van der Waals surface area contributed by atoms with Gasteiger partial charge in [0.05, 0.1) is 28.5 Å². The van der Waals surface area contributed by atoms with Crippen molar-refractivity contribution < 1.29 is 19.2 Å².